The van der Waals surface area contributed by atoms with Crippen LogP contribution in [0.25, 0.3) is 0 Å². The molecule has 1 amide bonds. The van der Waals surface area contributed by atoms with Gasteiger partial charge in [-0.2, -0.15) is 5.26 Å². The van der Waals surface area contributed by atoms with Gasteiger partial charge in [-0.05, 0) is 23.8 Å². The minimum atomic E-state index is -0.122. The van der Waals surface area contributed by atoms with Crippen molar-refractivity contribution in [3.63, 3.8) is 0 Å². The summed E-state index contributed by atoms with van der Waals surface area (Å²) in [6, 6.07) is 18.7. The first-order valence-electron chi connectivity index (χ1n) is 8.38. The largest absolute Gasteiger partial charge is 0.396 e. The number of benzene rings is 2. The van der Waals surface area contributed by atoms with Crippen LogP contribution in [-0.2, 0) is 6.54 Å². The fourth-order valence-corrected chi connectivity index (χ4v) is 3.29. The van der Waals surface area contributed by atoms with E-state index >= 15 is 0 Å². The molecule has 0 unspecified atom stereocenters. The van der Waals surface area contributed by atoms with Gasteiger partial charge in [-0.3, -0.25) is 9.69 Å². The van der Waals surface area contributed by atoms with Gasteiger partial charge in [0.25, 0.3) is 5.91 Å². The summed E-state index contributed by atoms with van der Waals surface area (Å²) in [7, 11) is 0. The maximum atomic E-state index is 12.4. The molecule has 128 valence electrons. The first kappa shape index (κ1) is 17.2. The van der Waals surface area contributed by atoms with E-state index in [0.29, 0.717) is 30.8 Å². The van der Waals surface area contributed by atoms with Gasteiger partial charge in [0, 0.05) is 43.8 Å². The Labute approximate surface area is 147 Å². The van der Waals surface area contributed by atoms with Crippen molar-refractivity contribution < 1.29 is 9.90 Å². The van der Waals surface area contributed by atoms with Crippen LogP contribution in [0, 0.1) is 17.2 Å². The van der Waals surface area contributed by atoms with E-state index in [2.05, 4.69) is 16.3 Å². The van der Waals surface area contributed by atoms with Crippen LogP contribution in [0.2, 0.25) is 0 Å². The molecule has 1 heterocycles. The Kier molecular flexibility index (Phi) is 5.44. The summed E-state index contributed by atoms with van der Waals surface area (Å²) in [5.41, 5.74) is 2.25. The number of amides is 1. The summed E-state index contributed by atoms with van der Waals surface area (Å²) in [5.74, 6) is -0.134. The summed E-state index contributed by atoms with van der Waals surface area (Å²) in [6.07, 6.45) is 0. The number of nitrogens with one attached hydrogen (secondary N) is 1. The third-order valence-corrected chi connectivity index (χ3v) is 4.64. The zero-order valence-corrected chi connectivity index (χ0v) is 13.9. The number of carbonyl (C=O) groups excluding carboxylic acids is 1. The number of nitrogens with zero attached hydrogens (tertiary/aromatic N) is 2. The number of hydrogen-bond acceptors (Lipinski definition) is 4. The number of hydrogen-bond donors (Lipinski definition) is 2. The smallest absolute Gasteiger partial charge is 0.251 e. The number of likely N-dealkylation sites (tertiary alicyclic amines) is 1. The Hall–Kier alpha value is -2.68. The zero-order chi connectivity index (χ0) is 17.6. The van der Waals surface area contributed by atoms with Crippen molar-refractivity contribution in [3.8, 4) is 6.07 Å². The highest BCUT2D eigenvalue weighted by Gasteiger charge is 2.33. The Balaban J connectivity index is 1.66. The van der Waals surface area contributed by atoms with Crippen molar-refractivity contribution in [2.75, 3.05) is 19.7 Å². The molecule has 0 aliphatic carbocycles. The second kappa shape index (κ2) is 7.93. The lowest BCUT2D eigenvalue weighted by Gasteiger charge is -2.18. The molecule has 5 nitrogen and oxygen atoms in total. The van der Waals surface area contributed by atoms with Crippen LogP contribution in [0.15, 0.2) is 54.6 Å². The Bertz CT molecular complexity index is 770. The molecule has 0 radical (unpaired) electrons. The lowest BCUT2D eigenvalue weighted by atomic mass is 10.0. The van der Waals surface area contributed by atoms with E-state index in [1.807, 2.05) is 42.5 Å². The van der Waals surface area contributed by atoms with Crippen LogP contribution in [0.5, 0.6) is 0 Å². The molecule has 2 aromatic rings. The van der Waals surface area contributed by atoms with Crippen molar-refractivity contribution in [1.82, 2.24) is 10.2 Å². The van der Waals surface area contributed by atoms with E-state index in [1.165, 1.54) is 0 Å². The molecule has 1 aliphatic rings. The third-order valence-electron chi connectivity index (χ3n) is 4.64. The van der Waals surface area contributed by atoms with E-state index in [9.17, 15) is 15.2 Å². The lowest BCUT2D eigenvalue weighted by molar-refractivity contribution is 0.0921. The topological polar surface area (TPSA) is 76.4 Å². The first-order chi connectivity index (χ1) is 12.2. The molecule has 25 heavy (non-hydrogen) atoms. The fraction of sp³-hybridized carbons (Fsp3) is 0.300. The monoisotopic (exact) mass is 335 g/mol. The number of aliphatic hydroxyl groups is 1. The van der Waals surface area contributed by atoms with Crippen LogP contribution in [0.1, 0.15) is 21.5 Å². The second-order valence-corrected chi connectivity index (χ2v) is 6.35. The molecular formula is C20H21N3O2. The predicted molar refractivity (Wildman–Crippen MR) is 94.7 cm³/mol. The Morgan fingerprint density at radius 1 is 1.16 bits per heavy atom. The molecule has 0 saturated carbocycles. The Morgan fingerprint density at radius 2 is 1.88 bits per heavy atom. The molecule has 5 heteroatoms. The SMILES string of the molecule is N#Cc1ccccc1CN1C[C@@H](CO)[C@H](NC(=O)c2ccccc2)C1. The van der Waals surface area contributed by atoms with Crippen LogP contribution in [-0.4, -0.2) is 41.7 Å². The highest BCUT2D eigenvalue weighted by molar-refractivity contribution is 5.94. The highest BCUT2D eigenvalue weighted by atomic mass is 16.3. The average Bonchev–Trinajstić information content (AvgIpc) is 3.04. The molecule has 2 N–H and O–H groups in total. The highest BCUT2D eigenvalue weighted by Crippen LogP contribution is 2.21. The summed E-state index contributed by atoms with van der Waals surface area (Å²) in [5, 5.41) is 21.9. The number of nitriles is 1. The van der Waals surface area contributed by atoms with Crippen molar-refractivity contribution in [2.24, 2.45) is 5.92 Å². The molecular weight excluding hydrogens is 314 g/mol. The van der Waals surface area contributed by atoms with Gasteiger partial charge in [-0.25, -0.2) is 0 Å². The molecule has 1 saturated heterocycles. The standard InChI is InChI=1S/C20H21N3O2/c21-10-16-8-4-5-9-17(16)11-23-12-18(14-24)19(13-23)22-20(25)15-6-2-1-3-7-15/h1-9,18-19,24H,11-14H2,(H,22,25)/t18-,19+/m0/s1. The van der Waals surface area contributed by atoms with Gasteiger partial charge in [0.1, 0.15) is 0 Å². The van der Waals surface area contributed by atoms with Gasteiger partial charge in [-0.15, -0.1) is 0 Å². The first-order valence-corrected chi connectivity index (χ1v) is 8.38. The van der Waals surface area contributed by atoms with E-state index in [1.54, 1.807) is 12.1 Å². The van der Waals surface area contributed by atoms with Crippen molar-refractivity contribution in [1.29, 1.82) is 5.26 Å². The molecule has 1 aliphatic heterocycles. The van der Waals surface area contributed by atoms with Gasteiger partial charge < -0.3 is 10.4 Å². The second-order valence-electron chi connectivity index (χ2n) is 6.35. The zero-order valence-electron chi connectivity index (χ0n) is 13.9. The quantitative estimate of drug-likeness (QED) is 0.873. The summed E-state index contributed by atoms with van der Waals surface area (Å²) in [6.45, 7) is 2.01. The van der Waals surface area contributed by atoms with Gasteiger partial charge >= 0.3 is 0 Å². The van der Waals surface area contributed by atoms with Crippen LogP contribution in [0.4, 0.5) is 0 Å². The van der Waals surface area contributed by atoms with Gasteiger partial charge in [0.2, 0.25) is 0 Å². The van der Waals surface area contributed by atoms with Crippen molar-refractivity contribution in [3.05, 3.63) is 71.3 Å². The minimum Gasteiger partial charge on any atom is -0.396 e. The van der Waals surface area contributed by atoms with Gasteiger partial charge in [-0.1, -0.05) is 36.4 Å². The number of aliphatic hydroxyl groups excluding tert-OH is 1. The Morgan fingerprint density at radius 3 is 2.60 bits per heavy atom. The molecule has 0 aromatic heterocycles. The van der Waals surface area contributed by atoms with E-state index in [0.717, 1.165) is 5.56 Å². The van der Waals surface area contributed by atoms with Crippen molar-refractivity contribution >= 4 is 5.91 Å². The maximum Gasteiger partial charge on any atom is 0.251 e. The van der Waals surface area contributed by atoms with E-state index < -0.39 is 0 Å². The van der Waals surface area contributed by atoms with Gasteiger partial charge in [0.05, 0.1) is 11.6 Å². The molecule has 0 bridgehead atoms. The molecule has 1 fully saturated rings. The number of carbonyl (C=O) groups is 1. The molecule has 2 aromatic carbocycles. The van der Waals surface area contributed by atoms with Crippen LogP contribution < -0.4 is 5.32 Å². The molecule has 2 atom stereocenters. The lowest BCUT2D eigenvalue weighted by Crippen LogP contribution is -2.41. The third kappa shape index (κ3) is 4.05. The predicted octanol–water partition coefficient (Wildman–Crippen LogP) is 1.78. The fourth-order valence-electron chi connectivity index (χ4n) is 3.29. The minimum absolute atomic E-state index is 0.0121. The van der Waals surface area contributed by atoms with Crippen LogP contribution in [0.3, 0.4) is 0 Å². The normalized spacial score (nSPS) is 20.2. The summed E-state index contributed by atoms with van der Waals surface area (Å²) >= 11 is 0. The average molecular weight is 335 g/mol. The van der Waals surface area contributed by atoms with Crippen molar-refractivity contribution in [2.45, 2.75) is 12.6 Å². The maximum absolute atomic E-state index is 12.4. The summed E-state index contributed by atoms with van der Waals surface area (Å²) < 4.78 is 0. The molecule has 3 rings (SSSR count). The van der Waals surface area contributed by atoms with E-state index in [-0.39, 0.29) is 24.5 Å². The number of rotatable bonds is 5. The molecule has 0 spiro atoms. The summed E-state index contributed by atoms with van der Waals surface area (Å²) in [4.78, 5) is 14.5. The van der Waals surface area contributed by atoms with Gasteiger partial charge in [0.15, 0.2) is 0 Å². The van der Waals surface area contributed by atoms with E-state index in [4.69, 9.17) is 0 Å². The van der Waals surface area contributed by atoms with Crippen LogP contribution >= 0.6 is 0 Å².